The quantitative estimate of drug-likeness (QED) is 0.649. The van der Waals surface area contributed by atoms with Crippen LogP contribution in [0.1, 0.15) is 6.92 Å². The van der Waals surface area contributed by atoms with Gasteiger partial charge in [-0.25, -0.2) is 9.78 Å². The van der Waals surface area contributed by atoms with Crippen molar-refractivity contribution in [1.82, 2.24) is 4.98 Å². The number of nitrogens with two attached hydrogens (primary N) is 1. The van der Waals surface area contributed by atoms with Gasteiger partial charge in [0, 0.05) is 11.1 Å². The van der Waals surface area contributed by atoms with Crippen molar-refractivity contribution in [3.63, 3.8) is 0 Å². The Morgan fingerprint density at radius 1 is 1.04 bits per heavy atom. The van der Waals surface area contributed by atoms with E-state index in [2.05, 4.69) is 4.98 Å². The molecule has 2 aromatic carbocycles. The van der Waals surface area contributed by atoms with Crippen LogP contribution in [-0.4, -0.2) is 23.2 Å². The molecule has 2 N–H and O–H groups in total. The number of thioether (sulfide) groups is 1. The number of rotatable bonds is 5. The summed E-state index contributed by atoms with van der Waals surface area (Å²) in [5.41, 5.74) is 2.76. The lowest BCUT2D eigenvalue weighted by Gasteiger charge is -2.02. The van der Waals surface area contributed by atoms with E-state index in [-0.39, 0.29) is 23.6 Å². The third-order valence-corrected chi connectivity index (χ3v) is 4.62. The Bertz CT molecular complexity index is 765. The standard InChI is InChI=1S/C19H18N2O2S.ClH/c1-13(18(22)20-2)24-19-21-16(14-9-5-3-6-10-14)17(23-19)15-11-7-4-8-12-15;/h3-13H,1-2H3,(H,20,22);1H. The number of nitrogens with zero attached hydrogens (tertiary/aromatic N) is 1. The third-order valence-electron chi connectivity index (χ3n) is 3.65. The number of hydrogen-bond donors (Lipinski definition) is 1. The van der Waals surface area contributed by atoms with Crippen LogP contribution in [0, 0.1) is 0 Å². The topological polar surface area (TPSA) is 59.7 Å². The molecule has 0 spiro atoms. The molecule has 0 radical (unpaired) electrons. The lowest BCUT2D eigenvalue weighted by atomic mass is 10.1. The van der Waals surface area contributed by atoms with Crippen molar-refractivity contribution in [3.8, 4) is 22.6 Å². The van der Waals surface area contributed by atoms with Gasteiger partial charge in [-0.1, -0.05) is 60.7 Å². The van der Waals surface area contributed by atoms with Crippen LogP contribution >= 0.6 is 11.8 Å². The maximum Gasteiger partial charge on any atom is 0.323 e. The summed E-state index contributed by atoms with van der Waals surface area (Å²) in [4.78, 5) is 16.4. The highest BCUT2D eigenvalue weighted by Gasteiger charge is 2.22. The molecule has 0 aliphatic carbocycles. The first-order valence-corrected chi connectivity index (χ1v) is 8.68. The molecule has 4 nitrogen and oxygen atoms in total. The summed E-state index contributed by atoms with van der Waals surface area (Å²) >= 11 is 1.34. The van der Waals surface area contributed by atoms with E-state index in [9.17, 15) is 4.79 Å². The number of aromatic nitrogens is 1. The third kappa shape index (κ3) is 4.51. The van der Waals surface area contributed by atoms with E-state index >= 15 is 0 Å². The van der Waals surface area contributed by atoms with Gasteiger partial charge in [-0.2, -0.15) is 0 Å². The number of primary amides is 1. The van der Waals surface area contributed by atoms with E-state index in [0.717, 1.165) is 22.6 Å². The molecule has 0 fully saturated rings. The Morgan fingerprint density at radius 2 is 1.60 bits per heavy atom. The summed E-state index contributed by atoms with van der Waals surface area (Å²) in [7, 11) is 1.75. The van der Waals surface area contributed by atoms with Gasteiger partial charge >= 0.3 is 5.91 Å². The van der Waals surface area contributed by atoms with Gasteiger partial charge in [0.2, 0.25) is 0 Å². The Hall–Kier alpha value is -2.08. The average molecular weight is 375 g/mol. The first-order valence-electron chi connectivity index (χ1n) is 7.80. The van der Waals surface area contributed by atoms with Crippen LogP contribution in [0.15, 0.2) is 70.3 Å². The molecule has 130 valence electrons. The highest BCUT2D eigenvalue weighted by atomic mass is 35.5. The second kappa shape index (κ2) is 8.85. The fourth-order valence-electron chi connectivity index (χ4n) is 2.37. The van der Waals surface area contributed by atoms with Crippen LogP contribution < -0.4 is 17.7 Å². The van der Waals surface area contributed by atoms with E-state index in [4.69, 9.17) is 4.42 Å². The van der Waals surface area contributed by atoms with E-state index in [1.54, 1.807) is 12.4 Å². The van der Waals surface area contributed by atoms with Gasteiger partial charge in [0.25, 0.3) is 5.22 Å². The lowest BCUT2D eigenvalue weighted by Crippen LogP contribution is -3.00. The molecule has 25 heavy (non-hydrogen) atoms. The molecular formula is C19H19ClN2O2S. The summed E-state index contributed by atoms with van der Waals surface area (Å²) < 4.78 is 6.01. The van der Waals surface area contributed by atoms with Gasteiger partial charge < -0.3 is 16.8 Å². The van der Waals surface area contributed by atoms with Crippen molar-refractivity contribution in [1.29, 1.82) is 0 Å². The van der Waals surface area contributed by atoms with E-state index in [0.29, 0.717) is 5.22 Å². The zero-order valence-corrected chi connectivity index (χ0v) is 15.6. The fraction of sp³-hybridized carbons (Fsp3) is 0.158. The Kier molecular flexibility index (Phi) is 6.82. The molecule has 3 aromatic rings. The molecule has 1 aromatic heterocycles. The molecule has 0 aliphatic rings. The highest BCUT2D eigenvalue weighted by molar-refractivity contribution is 8.00. The van der Waals surface area contributed by atoms with Crippen LogP contribution in [0.25, 0.3) is 22.6 Å². The van der Waals surface area contributed by atoms with Crippen molar-refractivity contribution < 1.29 is 26.9 Å². The number of quaternary nitrogens is 1. The predicted molar refractivity (Wildman–Crippen MR) is 95.6 cm³/mol. The summed E-state index contributed by atoms with van der Waals surface area (Å²) in [5, 5.41) is 1.87. The molecule has 1 unspecified atom stereocenters. The van der Waals surface area contributed by atoms with Gasteiger partial charge in [0.15, 0.2) is 5.76 Å². The number of carbonyl (C=O) groups excluding carboxylic acids is 1. The van der Waals surface area contributed by atoms with Gasteiger partial charge in [-0.15, -0.1) is 0 Å². The minimum atomic E-state index is -0.221. The molecule has 3 rings (SSSR count). The Labute approximate surface area is 157 Å². The van der Waals surface area contributed by atoms with Crippen molar-refractivity contribution in [2.75, 3.05) is 7.05 Å². The number of carbonyl (C=O) groups is 1. The molecule has 1 heterocycles. The van der Waals surface area contributed by atoms with Crippen molar-refractivity contribution in [2.45, 2.75) is 17.4 Å². The van der Waals surface area contributed by atoms with E-state index in [1.165, 1.54) is 11.8 Å². The second-order valence-electron chi connectivity index (χ2n) is 5.34. The molecule has 1 amide bonds. The first kappa shape index (κ1) is 19.2. The van der Waals surface area contributed by atoms with Gasteiger partial charge in [0.1, 0.15) is 10.9 Å². The monoisotopic (exact) mass is 374 g/mol. The number of hydrogen-bond acceptors (Lipinski definition) is 4. The minimum absolute atomic E-state index is 0. The molecule has 1 atom stereocenters. The fourth-order valence-corrected chi connectivity index (χ4v) is 3.20. The lowest BCUT2D eigenvalue weighted by molar-refractivity contribution is -0.538. The number of amides is 1. The maximum atomic E-state index is 11.8. The summed E-state index contributed by atoms with van der Waals surface area (Å²) in [6.07, 6.45) is 0. The summed E-state index contributed by atoms with van der Waals surface area (Å²) in [6.45, 7) is 1.86. The second-order valence-corrected chi connectivity index (χ2v) is 6.63. The number of oxazole rings is 1. The zero-order chi connectivity index (χ0) is 16.9. The van der Waals surface area contributed by atoms with Crippen LogP contribution in [0.2, 0.25) is 0 Å². The van der Waals surface area contributed by atoms with Crippen molar-refractivity contribution in [2.24, 2.45) is 0 Å². The van der Waals surface area contributed by atoms with Crippen LogP contribution in [0.3, 0.4) is 0 Å². The van der Waals surface area contributed by atoms with Crippen LogP contribution in [-0.2, 0) is 4.79 Å². The van der Waals surface area contributed by atoms with Crippen molar-refractivity contribution >= 4 is 17.7 Å². The minimum Gasteiger partial charge on any atom is -1.00 e. The smallest absolute Gasteiger partial charge is 0.323 e. The molecule has 0 bridgehead atoms. The van der Waals surface area contributed by atoms with Gasteiger partial charge in [-0.05, 0) is 18.7 Å². The number of halogens is 1. The normalized spacial score (nSPS) is 11.6. The maximum absolute atomic E-state index is 11.8. The van der Waals surface area contributed by atoms with Gasteiger partial charge in [-0.3, -0.25) is 5.32 Å². The van der Waals surface area contributed by atoms with Crippen molar-refractivity contribution in [3.05, 3.63) is 60.7 Å². The Morgan fingerprint density at radius 3 is 2.16 bits per heavy atom. The van der Waals surface area contributed by atoms with E-state index < -0.39 is 0 Å². The summed E-state index contributed by atoms with van der Waals surface area (Å²) in [6, 6.07) is 19.8. The van der Waals surface area contributed by atoms with Crippen LogP contribution in [0.5, 0.6) is 0 Å². The largest absolute Gasteiger partial charge is 1.00 e. The molecule has 0 saturated carbocycles. The van der Waals surface area contributed by atoms with Crippen LogP contribution in [0.4, 0.5) is 0 Å². The molecule has 0 saturated heterocycles. The Balaban J connectivity index is 0.00000225. The first-order chi connectivity index (χ1) is 11.7. The average Bonchev–Trinajstić information content (AvgIpc) is 3.06. The number of benzene rings is 2. The van der Waals surface area contributed by atoms with Gasteiger partial charge in [0.05, 0.1) is 7.05 Å². The zero-order valence-electron chi connectivity index (χ0n) is 14.0. The molecular weight excluding hydrogens is 356 g/mol. The molecule has 0 aliphatic heterocycles. The predicted octanol–water partition coefficient (Wildman–Crippen LogP) is 0.213. The molecule has 6 heteroatoms. The summed E-state index contributed by atoms with van der Waals surface area (Å²) in [5.74, 6) is 0.796. The SMILES string of the molecule is C[NH2+]C(=O)C(C)Sc1nc(-c2ccccc2)c(-c2ccccc2)o1.[Cl-]. The van der Waals surface area contributed by atoms with E-state index in [1.807, 2.05) is 67.6 Å². The highest BCUT2D eigenvalue weighted by Crippen LogP contribution is 2.36.